The highest BCUT2D eigenvalue weighted by Gasteiger charge is 2.19. The molecule has 2 nitrogen and oxygen atoms in total. The molecule has 13 heavy (non-hydrogen) atoms. The van der Waals surface area contributed by atoms with Crippen LogP contribution in [0.1, 0.15) is 34.6 Å². The summed E-state index contributed by atoms with van der Waals surface area (Å²) in [5, 5.41) is 0. The number of carbonyl (C=O) groups is 1. The van der Waals surface area contributed by atoms with Crippen molar-refractivity contribution < 1.29 is 4.79 Å². The van der Waals surface area contributed by atoms with Crippen molar-refractivity contribution in [2.24, 2.45) is 0 Å². The quantitative estimate of drug-likeness (QED) is 0.506. The highest BCUT2D eigenvalue weighted by atomic mass is 28.1. The van der Waals surface area contributed by atoms with E-state index in [1.54, 1.807) is 13.0 Å². The number of rotatable bonds is 3. The van der Waals surface area contributed by atoms with Crippen LogP contribution in [0, 0.1) is 0 Å². The molecule has 0 amide bonds. The Kier molecular flexibility index (Phi) is 4.40. The normalized spacial score (nSPS) is 12.9. The van der Waals surface area contributed by atoms with E-state index in [9.17, 15) is 4.79 Å². The van der Waals surface area contributed by atoms with E-state index in [4.69, 9.17) is 0 Å². The maximum atomic E-state index is 10.9. The molecule has 3 heteroatoms. The van der Waals surface area contributed by atoms with Gasteiger partial charge < -0.3 is 4.90 Å². The summed E-state index contributed by atoms with van der Waals surface area (Å²) in [6.07, 6.45) is 2.39. The van der Waals surface area contributed by atoms with Crippen molar-refractivity contribution >= 4 is 16.0 Å². The van der Waals surface area contributed by atoms with Crippen molar-refractivity contribution in [3.05, 3.63) is 11.8 Å². The molecule has 0 bridgehead atoms. The molecule has 0 saturated heterocycles. The van der Waals surface area contributed by atoms with Crippen molar-refractivity contribution in [1.82, 2.24) is 4.90 Å². The van der Waals surface area contributed by atoms with E-state index in [1.807, 2.05) is 6.92 Å². The molecule has 0 aliphatic rings. The van der Waals surface area contributed by atoms with Crippen LogP contribution in [0.25, 0.3) is 0 Å². The number of hydrogen-bond acceptors (Lipinski definition) is 2. The van der Waals surface area contributed by atoms with Gasteiger partial charge in [0.25, 0.3) is 0 Å². The number of nitrogens with zero attached hydrogens (tertiary/aromatic N) is 1. The van der Waals surface area contributed by atoms with Crippen LogP contribution >= 0.6 is 0 Å². The fraction of sp³-hybridized carbons (Fsp3) is 0.700. The summed E-state index contributed by atoms with van der Waals surface area (Å²) in [5.41, 5.74) is 1.03. The first kappa shape index (κ1) is 12.4. The van der Waals surface area contributed by atoms with Crippen molar-refractivity contribution in [2.45, 2.75) is 40.2 Å². The van der Waals surface area contributed by atoms with E-state index in [1.165, 1.54) is 0 Å². The molecule has 3 radical (unpaired) electrons. The molecule has 0 heterocycles. The Hall–Kier alpha value is -0.573. The second-order valence-corrected chi connectivity index (χ2v) is 4.47. The molecule has 73 valence electrons. The minimum absolute atomic E-state index is 0.0395. The fourth-order valence-electron chi connectivity index (χ4n) is 1.26. The SMILES string of the molecule is CC(=O)/C=C(/C)N(C[Si])C(C)(C)C. The van der Waals surface area contributed by atoms with Crippen LogP contribution in [-0.2, 0) is 4.79 Å². The van der Waals surface area contributed by atoms with Crippen LogP contribution < -0.4 is 0 Å². The maximum Gasteiger partial charge on any atom is 0.154 e. The second-order valence-electron chi connectivity index (χ2n) is 4.15. The van der Waals surface area contributed by atoms with E-state index in [0.29, 0.717) is 0 Å². The summed E-state index contributed by atoms with van der Waals surface area (Å²) in [5.74, 6) is 0.0897. The first-order valence-electron chi connectivity index (χ1n) is 4.40. The molecule has 0 unspecified atom stereocenters. The predicted octanol–water partition coefficient (Wildman–Crippen LogP) is 1.71. The Bertz CT molecular complexity index is 215. The topological polar surface area (TPSA) is 20.3 Å². The first-order chi connectivity index (χ1) is 5.79. The Labute approximate surface area is 84.4 Å². The Balaban J connectivity index is 4.69. The van der Waals surface area contributed by atoms with Crippen molar-refractivity contribution in [3.63, 3.8) is 0 Å². The van der Waals surface area contributed by atoms with Crippen molar-refractivity contribution in [1.29, 1.82) is 0 Å². The highest BCUT2D eigenvalue weighted by Crippen LogP contribution is 2.17. The molecule has 0 aliphatic carbocycles. The standard InChI is InChI=1S/C10H18NOSi/c1-8(6-9(2)12)11(7-13)10(3,4)5/h6H,7H2,1-5H3/b8-6-. The first-order valence-corrected chi connectivity index (χ1v) is 5.11. The van der Waals surface area contributed by atoms with Crippen LogP contribution in [0.5, 0.6) is 0 Å². The number of hydrogen-bond donors (Lipinski definition) is 0. The second kappa shape index (κ2) is 4.60. The van der Waals surface area contributed by atoms with Gasteiger partial charge in [-0.05, 0) is 40.7 Å². The van der Waals surface area contributed by atoms with Gasteiger partial charge >= 0.3 is 0 Å². The Morgan fingerprint density at radius 1 is 1.38 bits per heavy atom. The number of ketones is 1. The zero-order valence-corrected chi connectivity index (χ0v) is 10.1. The molecule has 0 atom stereocenters. The zero-order chi connectivity index (χ0) is 10.6. The molecule has 0 aromatic heterocycles. The van der Waals surface area contributed by atoms with Gasteiger partial charge in [0, 0.05) is 17.4 Å². The minimum atomic E-state index is 0.0395. The van der Waals surface area contributed by atoms with Gasteiger partial charge in [-0.3, -0.25) is 4.79 Å². The Morgan fingerprint density at radius 3 is 2.08 bits per heavy atom. The third kappa shape index (κ3) is 4.27. The van der Waals surface area contributed by atoms with Crippen molar-refractivity contribution in [3.8, 4) is 0 Å². The molecule has 0 saturated carbocycles. The zero-order valence-electron chi connectivity index (χ0n) is 9.14. The predicted molar refractivity (Wildman–Crippen MR) is 56.7 cm³/mol. The summed E-state index contributed by atoms with van der Waals surface area (Å²) >= 11 is 0. The van der Waals surface area contributed by atoms with E-state index >= 15 is 0 Å². The lowest BCUT2D eigenvalue weighted by Crippen LogP contribution is -2.40. The lowest BCUT2D eigenvalue weighted by Gasteiger charge is -2.37. The van der Waals surface area contributed by atoms with Gasteiger partial charge in [-0.2, -0.15) is 0 Å². The summed E-state index contributed by atoms with van der Waals surface area (Å²) in [4.78, 5) is 13.0. The smallest absolute Gasteiger partial charge is 0.154 e. The number of carbonyl (C=O) groups excluding carboxylic acids is 1. The van der Waals surface area contributed by atoms with Gasteiger partial charge in [0.15, 0.2) is 5.78 Å². The van der Waals surface area contributed by atoms with Gasteiger partial charge in [0.1, 0.15) is 0 Å². The lowest BCUT2D eigenvalue weighted by molar-refractivity contribution is -0.112. The van der Waals surface area contributed by atoms with Crippen LogP contribution in [0.4, 0.5) is 0 Å². The van der Waals surface area contributed by atoms with Crippen LogP contribution in [-0.4, -0.2) is 32.6 Å². The van der Waals surface area contributed by atoms with Crippen LogP contribution in [0.2, 0.25) is 0 Å². The van der Waals surface area contributed by atoms with Gasteiger partial charge in [-0.25, -0.2) is 0 Å². The molecule has 0 fully saturated rings. The fourth-order valence-corrected chi connectivity index (χ4v) is 1.99. The summed E-state index contributed by atoms with van der Waals surface area (Å²) in [6, 6.07) is 0. The minimum Gasteiger partial charge on any atom is -0.374 e. The van der Waals surface area contributed by atoms with Gasteiger partial charge in [0.2, 0.25) is 0 Å². The largest absolute Gasteiger partial charge is 0.374 e. The molecule has 0 rings (SSSR count). The van der Waals surface area contributed by atoms with Crippen LogP contribution in [0.3, 0.4) is 0 Å². The third-order valence-corrected chi connectivity index (χ3v) is 2.12. The Morgan fingerprint density at radius 2 is 1.85 bits per heavy atom. The van der Waals surface area contributed by atoms with E-state index in [-0.39, 0.29) is 11.3 Å². The highest BCUT2D eigenvalue weighted by molar-refractivity contribution is 6.08. The molecule has 0 aromatic rings. The molecule has 0 N–H and O–H groups in total. The molecular weight excluding hydrogens is 178 g/mol. The van der Waals surface area contributed by atoms with Gasteiger partial charge in [-0.1, -0.05) is 0 Å². The molecule has 0 aliphatic heterocycles. The molecule has 0 spiro atoms. The summed E-state index contributed by atoms with van der Waals surface area (Å²) in [7, 11) is 3.46. The molecule has 0 aromatic carbocycles. The van der Waals surface area contributed by atoms with E-state index in [0.717, 1.165) is 11.9 Å². The average Bonchev–Trinajstić information content (AvgIpc) is 1.82. The third-order valence-electron chi connectivity index (χ3n) is 1.81. The maximum absolute atomic E-state index is 10.9. The van der Waals surface area contributed by atoms with Gasteiger partial charge in [-0.15, -0.1) is 0 Å². The molecular formula is C10H18NOSi. The van der Waals surface area contributed by atoms with Crippen LogP contribution in [0.15, 0.2) is 11.8 Å². The van der Waals surface area contributed by atoms with Crippen molar-refractivity contribution in [2.75, 3.05) is 6.17 Å². The summed E-state index contributed by atoms with van der Waals surface area (Å²) in [6.45, 7) is 9.87. The van der Waals surface area contributed by atoms with Gasteiger partial charge in [0.05, 0.1) is 10.2 Å². The van der Waals surface area contributed by atoms with E-state index < -0.39 is 0 Å². The summed E-state index contributed by atoms with van der Waals surface area (Å²) < 4.78 is 0. The monoisotopic (exact) mass is 196 g/mol. The number of allylic oxidation sites excluding steroid dienone is 2. The van der Waals surface area contributed by atoms with E-state index in [2.05, 4.69) is 35.9 Å². The lowest BCUT2D eigenvalue weighted by atomic mass is 10.1. The average molecular weight is 196 g/mol.